The van der Waals surface area contributed by atoms with Crippen molar-refractivity contribution in [2.75, 3.05) is 24.5 Å². The lowest BCUT2D eigenvalue weighted by atomic mass is 10.1. The number of para-hydroxylation sites is 1. The van der Waals surface area contributed by atoms with Gasteiger partial charge in [-0.3, -0.25) is 4.79 Å². The number of aliphatic hydroxyl groups excluding tert-OH is 1. The number of likely N-dealkylation sites (tertiary alicyclic amines) is 1. The highest BCUT2D eigenvalue weighted by molar-refractivity contribution is 5.94. The second kappa shape index (κ2) is 6.89. The van der Waals surface area contributed by atoms with Gasteiger partial charge < -0.3 is 14.9 Å². The van der Waals surface area contributed by atoms with E-state index in [-0.39, 0.29) is 18.6 Å². The number of hydrogen-bond donors (Lipinski definition) is 1. The lowest BCUT2D eigenvalue weighted by Gasteiger charge is -2.30. The van der Waals surface area contributed by atoms with Crippen LogP contribution in [0.15, 0.2) is 48.5 Å². The Labute approximate surface area is 148 Å². The van der Waals surface area contributed by atoms with Crippen molar-refractivity contribution < 1.29 is 9.90 Å². The molecular weight excluding hydrogens is 312 g/mol. The molecule has 1 atom stereocenters. The molecule has 2 aromatic rings. The average molecular weight is 336 g/mol. The van der Waals surface area contributed by atoms with Crippen LogP contribution >= 0.6 is 0 Å². The number of amides is 1. The summed E-state index contributed by atoms with van der Waals surface area (Å²) in [4.78, 5) is 17.4. The van der Waals surface area contributed by atoms with Crippen molar-refractivity contribution in [2.45, 2.75) is 31.9 Å². The van der Waals surface area contributed by atoms with Crippen molar-refractivity contribution >= 4 is 11.6 Å². The predicted octanol–water partition coefficient (Wildman–Crippen LogP) is 2.85. The molecular formula is C21H24N2O2. The Hall–Kier alpha value is -2.33. The zero-order chi connectivity index (χ0) is 17.2. The van der Waals surface area contributed by atoms with Crippen molar-refractivity contribution in [1.29, 1.82) is 0 Å². The van der Waals surface area contributed by atoms with Gasteiger partial charge in [0.05, 0.1) is 6.61 Å². The van der Waals surface area contributed by atoms with Crippen molar-refractivity contribution in [3.05, 3.63) is 65.2 Å². The summed E-state index contributed by atoms with van der Waals surface area (Å²) in [7, 11) is 0. The molecule has 4 nitrogen and oxygen atoms in total. The van der Waals surface area contributed by atoms with E-state index in [2.05, 4.69) is 29.2 Å². The highest BCUT2D eigenvalue weighted by atomic mass is 16.3. The number of benzene rings is 2. The number of carbonyl (C=O) groups excluding carboxylic acids is 1. The molecule has 2 aliphatic heterocycles. The third-order valence-electron chi connectivity index (χ3n) is 5.41. The Bertz CT molecular complexity index is 774. The van der Waals surface area contributed by atoms with Crippen LogP contribution in [0.1, 0.15) is 34.3 Å². The van der Waals surface area contributed by atoms with Crippen LogP contribution in [0, 0.1) is 0 Å². The van der Waals surface area contributed by atoms with Gasteiger partial charge in [-0.15, -0.1) is 0 Å². The van der Waals surface area contributed by atoms with Crippen molar-refractivity contribution in [2.24, 2.45) is 0 Å². The minimum Gasteiger partial charge on any atom is -0.392 e. The second-order valence-corrected chi connectivity index (χ2v) is 6.98. The number of carbonyl (C=O) groups is 1. The minimum absolute atomic E-state index is 0.0326. The quantitative estimate of drug-likeness (QED) is 0.934. The van der Waals surface area contributed by atoms with Crippen molar-refractivity contribution in [1.82, 2.24) is 4.90 Å². The maximum absolute atomic E-state index is 13.0. The topological polar surface area (TPSA) is 43.8 Å². The van der Waals surface area contributed by atoms with Crippen LogP contribution < -0.4 is 4.90 Å². The molecule has 0 saturated carbocycles. The van der Waals surface area contributed by atoms with Gasteiger partial charge in [0.2, 0.25) is 0 Å². The first kappa shape index (κ1) is 16.2. The molecule has 0 spiro atoms. The molecule has 0 bridgehead atoms. The van der Waals surface area contributed by atoms with E-state index in [1.54, 1.807) is 0 Å². The molecule has 4 heteroatoms. The fourth-order valence-electron chi connectivity index (χ4n) is 4.11. The van der Waals surface area contributed by atoms with Crippen LogP contribution in [0.25, 0.3) is 0 Å². The fraction of sp³-hybridized carbons (Fsp3) is 0.381. The van der Waals surface area contributed by atoms with Crippen LogP contribution in [0.2, 0.25) is 0 Å². The molecule has 2 heterocycles. The van der Waals surface area contributed by atoms with Crippen LogP contribution in [0.3, 0.4) is 0 Å². The summed E-state index contributed by atoms with van der Waals surface area (Å²) < 4.78 is 0. The summed E-state index contributed by atoms with van der Waals surface area (Å²) in [5, 5.41) is 9.31. The Balaban J connectivity index is 1.50. The third kappa shape index (κ3) is 3.14. The Kier molecular flexibility index (Phi) is 4.45. The average Bonchev–Trinajstić information content (AvgIpc) is 3.29. The van der Waals surface area contributed by atoms with Gasteiger partial charge >= 0.3 is 0 Å². The lowest BCUT2D eigenvalue weighted by molar-refractivity contribution is 0.0740. The standard InChI is InChI=1S/C21H24N2O2/c24-15-16-5-3-7-18(13-16)21(25)23-11-4-8-19(23)14-22-12-10-17-6-1-2-9-20(17)22/h1-3,5-7,9,13,19,24H,4,8,10-12,14-15H2. The number of aliphatic hydroxyl groups is 1. The first-order valence-corrected chi connectivity index (χ1v) is 9.10. The lowest BCUT2D eigenvalue weighted by Crippen LogP contribution is -2.43. The first-order chi connectivity index (χ1) is 12.3. The van der Waals surface area contributed by atoms with E-state index in [0.717, 1.165) is 44.5 Å². The van der Waals surface area contributed by atoms with Crippen molar-refractivity contribution in [3.8, 4) is 0 Å². The molecule has 0 aliphatic carbocycles. The summed E-state index contributed by atoms with van der Waals surface area (Å²) in [6.45, 7) is 2.73. The number of fused-ring (bicyclic) bond motifs is 1. The predicted molar refractivity (Wildman–Crippen MR) is 98.8 cm³/mol. The monoisotopic (exact) mass is 336 g/mol. The highest BCUT2D eigenvalue weighted by Gasteiger charge is 2.32. The first-order valence-electron chi connectivity index (χ1n) is 9.10. The summed E-state index contributed by atoms with van der Waals surface area (Å²) in [5.74, 6) is 0.0882. The SMILES string of the molecule is O=C(c1cccc(CO)c1)N1CCCC1CN1CCc2ccccc21. The van der Waals surface area contributed by atoms with E-state index in [0.29, 0.717) is 5.56 Å². The zero-order valence-corrected chi connectivity index (χ0v) is 14.4. The summed E-state index contributed by atoms with van der Waals surface area (Å²) >= 11 is 0. The van der Waals surface area contributed by atoms with E-state index in [1.807, 2.05) is 29.2 Å². The molecule has 1 N–H and O–H groups in total. The molecule has 1 unspecified atom stereocenters. The molecule has 1 amide bonds. The van der Waals surface area contributed by atoms with Gasteiger partial charge in [-0.1, -0.05) is 30.3 Å². The Morgan fingerprint density at radius 3 is 2.88 bits per heavy atom. The normalized spacial score (nSPS) is 19.3. The summed E-state index contributed by atoms with van der Waals surface area (Å²) in [6.07, 6.45) is 3.21. The van der Waals surface area contributed by atoms with Crippen LogP contribution in [0.4, 0.5) is 5.69 Å². The maximum Gasteiger partial charge on any atom is 0.254 e. The van der Waals surface area contributed by atoms with Gasteiger partial charge in [0.15, 0.2) is 0 Å². The largest absolute Gasteiger partial charge is 0.392 e. The minimum atomic E-state index is -0.0326. The molecule has 130 valence electrons. The van der Waals surface area contributed by atoms with Gasteiger partial charge in [-0.2, -0.15) is 0 Å². The third-order valence-corrected chi connectivity index (χ3v) is 5.41. The molecule has 1 fully saturated rings. The highest BCUT2D eigenvalue weighted by Crippen LogP contribution is 2.30. The van der Waals surface area contributed by atoms with E-state index in [9.17, 15) is 9.90 Å². The molecule has 0 radical (unpaired) electrons. The number of nitrogens with zero attached hydrogens (tertiary/aromatic N) is 2. The van der Waals surface area contributed by atoms with Gasteiger partial charge in [0.25, 0.3) is 5.91 Å². The molecule has 0 aromatic heterocycles. The maximum atomic E-state index is 13.0. The number of hydrogen-bond acceptors (Lipinski definition) is 3. The van der Waals surface area contributed by atoms with Gasteiger partial charge in [-0.05, 0) is 48.6 Å². The van der Waals surface area contributed by atoms with Crippen LogP contribution in [-0.2, 0) is 13.0 Å². The van der Waals surface area contributed by atoms with Gasteiger partial charge in [0, 0.05) is 36.9 Å². The van der Waals surface area contributed by atoms with Gasteiger partial charge in [0.1, 0.15) is 0 Å². The number of anilines is 1. The molecule has 25 heavy (non-hydrogen) atoms. The van der Waals surface area contributed by atoms with E-state index >= 15 is 0 Å². The Morgan fingerprint density at radius 2 is 2.00 bits per heavy atom. The second-order valence-electron chi connectivity index (χ2n) is 6.98. The summed E-state index contributed by atoms with van der Waals surface area (Å²) in [5.41, 5.74) is 4.20. The molecule has 2 aromatic carbocycles. The summed E-state index contributed by atoms with van der Waals surface area (Å²) in [6, 6.07) is 16.2. The van der Waals surface area contributed by atoms with E-state index in [1.165, 1.54) is 11.3 Å². The molecule has 1 saturated heterocycles. The molecule has 2 aliphatic rings. The molecule has 4 rings (SSSR count). The van der Waals surface area contributed by atoms with E-state index in [4.69, 9.17) is 0 Å². The van der Waals surface area contributed by atoms with Crippen LogP contribution in [-0.4, -0.2) is 41.6 Å². The number of rotatable bonds is 4. The van der Waals surface area contributed by atoms with Crippen molar-refractivity contribution in [3.63, 3.8) is 0 Å². The smallest absolute Gasteiger partial charge is 0.254 e. The zero-order valence-electron chi connectivity index (χ0n) is 14.4. The van der Waals surface area contributed by atoms with Crippen LogP contribution in [0.5, 0.6) is 0 Å². The fourth-order valence-corrected chi connectivity index (χ4v) is 4.11. The van der Waals surface area contributed by atoms with Gasteiger partial charge in [-0.25, -0.2) is 0 Å². The Morgan fingerprint density at radius 1 is 1.12 bits per heavy atom. The van der Waals surface area contributed by atoms with E-state index < -0.39 is 0 Å².